The quantitative estimate of drug-likeness (QED) is 0.908. The Kier molecular flexibility index (Phi) is 3.78. The van der Waals surface area contributed by atoms with Crippen LogP contribution in [0.15, 0.2) is 18.3 Å². The highest BCUT2D eigenvalue weighted by Gasteiger charge is 2.33. The molecule has 1 N–H and O–H groups in total. The Morgan fingerprint density at radius 3 is 2.84 bits per heavy atom. The maximum absolute atomic E-state index is 11.1. The van der Waals surface area contributed by atoms with Gasteiger partial charge in [0.2, 0.25) is 0 Å². The molecule has 104 valence electrons. The maximum atomic E-state index is 11.1. The molecule has 2 rings (SSSR count). The van der Waals surface area contributed by atoms with E-state index in [1.54, 1.807) is 12.1 Å². The van der Waals surface area contributed by atoms with Crippen molar-refractivity contribution in [1.29, 1.82) is 0 Å². The van der Waals surface area contributed by atoms with Gasteiger partial charge in [0.1, 0.15) is 0 Å². The monoisotopic (exact) mass is 263 g/mol. The molecule has 19 heavy (non-hydrogen) atoms. The summed E-state index contributed by atoms with van der Waals surface area (Å²) in [4.78, 5) is 15.0. The fourth-order valence-corrected chi connectivity index (χ4v) is 3.17. The van der Waals surface area contributed by atoms with Crippen molar-refractivity contribution in [1.82, 2.24) is 4.98 Å². The van der Waals surface area contributed by atoms with E-state index in [-0.39, 0.29) is 17.2 Å². The van der Waals surface area contributed by atoms with Crippen LogP contribution in [0.5, 0.6) is 5.75 Å². The first kappa shape index (κ1) is 13.8. The van der Waals surface area contributed by atoms with E-state index < -0.39 is 5.97 Å². The minimum atomic E-state index is -1.04. The number of carboxylic acids is 1. The Labute approximate surface area is 113 Å². The number of carbonyl (C=O) groups is 1. The van der Waals surface area contributed by atoms with E-state index in [0.717, 1.165) is 12.8 Å². The second-order valence-electron chi connectivity index (χ2n) is 6.31. The van der Waals surface area contributed by atoms with Crippen LogP contribution in [0.25, 0.3) is 0 Å². The van der Waals surface area contributed by atoms with Gasteiger partial charge in [-0.25, -0.2) is 9.78 Å². The van der Waals surface area contributed by atoms with Gasteiger partial charge in [-0.2, -0.15) is 0 Å². The molecule has 0 radical (unpaired) electrons. The van der Waals surface area contributed by atoms with Crippen LogP contribution < -0.4 is 4.74 Å². The molecule has 1 fully saturated rings. The Morgan fingerprint density at radius 1 is 1.47 bits per heavy atom. The minimum absolute atomic E-state index is 0.00136. The molecule has 1 aliphatic rings. The Bertz CT molecular complexity index is 470. The number of rotatable bonds is 3. The number of ether oxygens (including phenoxy) is 1. The van der Waals surface area contributed by atoms with E-state index in [0.29, 0.717) is 11.7 Å². The SMILES string of the molecule is CC1CC(Oc2cccnc2C(=O)O)CC(C)(C)C1. The minimum Gasteiger partial charge on any atom is -0.488 e. The second kappa shape index (κ2) is 5.19. The Hall–Kier alpha value is -1.58. The van der Waals surface area contributed by atoms with Crippen LogP contribution in [-0.4, -0.2) is 22.2 Å². The fourth-order valence-electron chi connectivity index (χ4n) is 3.17. The summed E-state index contributed by atoms with van der Waals surface area (Å²) in [5, 5.41) is 9.11. The summed E-state index contributed by atoms with van der Waals surface area (Å²) in [6, 6.07) is 3.39. The van der Waals surface area contributed by atoms with Crippen LogP contribution in [0.3, 0.4) is 0 Å². The molecule has 1 aromatic rings. The number of aromatic nitrogens is 1. The summed E-state index contributed by atoms with van der Waals surface area (Å²) in [5.74, 6) is -0.0673. The van der Waals surface area contributed by atoms with Gasteiger partial charge in [-0.15, -0.1) is 0 Å². The number of carboxylic acid groups (broad SMARTS) is 1. The molecular weight excluding hydrogens is 242 g/mol. The van der Waals surface area contributed by atoms with Crippen LogP contribution in [0.4, 0.5) is 0 Å². The molecule has 0 bridgehead atoms. The van der Waals surface area contributed by atoms with Gasteiger partial charge in [0.25, 0.3) is 0 Å². The standard InChI is InChI=1S/C15H21NO3/c1-10-7-11(9-15(2,3)8-10)19-12-5-4-6-16-13(12)14(17)18/h4-6,10-11H,7-9H2,1-3H3,(H,17,18). The summed E-state index contributed by atoms with van der Waals surface area (Å²) in [7, 11) is 0. The van der Waals surface area contributed by atoms with Gasteiger partial charge in [0, 0.05) is 6.20 Å². The molecule has 0 spiro atoms. The molecule has 0 aromatic carbocycles. The van der Waals surface area contributed by atoms with E-state index in [4.69, 9.17) is 9.84 Å². The van der Waals surface area contributed by atoms with Crippen molar-refractivity contribution in [2.75, 3.05) is 0 Å². The van der Waals surface area contributed by atoms with Crippen LogP contribution in [0, 0.1) is 11.3 Å². The lowest BCUT2D eigenvalue weighted by molar-refractivity contribution is 0.0526. The number of hydrogen-bond acceptors (Lipinski definition) is 3. The van der Waals surface area contributed by atoms with E-state index in [1.165, 1.54) is 12.6 Å². The van der Waals surface area contributed by atoms with Gasteiger partial charge in [-0.05, 0) is 42.7 Å². The molecule has 2 unspecified atom stereocenters. The molecule has 0 aliphatic heterocycles. The molecule has 4 nitrogen and oxygen atoms in total. The third kappa shape index (κ3) is 3.46. The van der Waals surface area contributed by atoms with Crippen molar-refractivity contribution in [3.8, 4) is 5.75 Å². The zero-order valence-corrected chi connectivity index (χ0v) is 11.7. The predicted octanol–water partition coefficient (Wildman–Crippen LogP) is 3.37. The third-order valence-electron chi connectivity index (χ3n) is 3.61. The van der Waals surface area contributed by atoms with E-state index in [1.807, 2.05) is 0 Å². The topological polar surface area (TPSA) is 59.4 Å². The summed E-state index contributed by atoms with van der Waals surface area (Å²) >= 11 is 0. The van der Waals surface area contributed by atoms with E-state index in [9.17, 15) is 4.79 Å². The number of nitrogens with zero attached hydrogens (tertiary/aromatic N) is 1. The van der Waals surface area contributed by atoms with Gasteiger partial charge in [0.05, 0.1) is 6.10 Å². The number of pyridine rings is 1. The predicted molar refractivity (Wildman–Crippen MR) is 72.4 cm³/mol. The van der Waals surface area contributed by atoms with Crippen molar-refractivity contribution in [3.63, 3.8) is 0 Å². The lowest BCUT2D eigenvalue weighted by Gasteiger charge is -2.38. The van der Waals surface area contributed by atoms with Gasteiger partial charge in [-0.1, -0.05) is 20.8 Å². The van der Waals surface area contributed by atoms with E-state index in [2.05, 4.69) is 25.8 Å². The van der Waals surface area contributed by atoms with Gasteiger partial charge in [-0.3, -0.25) is 0 Å². The first-order valence-electron chi connectivity index (χ1n) is 6.72. The second-order valence-corrected chi connectivity index (χ2v) is 6.31. The van der Waals surface area contributed by atoms with Crippen molar-refractivity contribution in [2.24, 2.45) is 11.3 Å². The zero-order valence-electron chi connectivity index (χ0n) is 11.7. The molecule has 0 amide bonds. The van der Waals surface area contributed by atoms with E-state index >= 15 is 0 Å². The molecule has 1 heterocycles. The van der Waals surface area contributed by atoms with Crippen LogP contribution >= 0.6 is 0 Å². The molecule has 4 heteroatoms. The summed E-state index contributed by atoms with van der Waals surface area (Å²) < 4.78 is 5.91. The molecule has 1 aromatic heterocycles. The van der Waals surface area contributed by atoms with Crippen LogP contribution in [0.1, 0.15) is 50.5 Å². The third-order valence-corrected chi connectivity index (χ3v) is 3.61. The Balaban J connectivity index is 2.15. The highest BCUT2D eigenvalue weighted by atomic mass is 16.5. The molecule has 1 saturated carbocycles. The lowest BCUT2D eigenvalue weighted by Crippen LogP contribution is -2.34. The normalized spacial score (nSPS) is 25.8. The highest BCUT2D eigenvalue weighted by Crippen LogP contribution is 2.40. The molecule has 2 atom stereocenters. The van der Waals surface area contributed by atoms with Crippen molar-refractivity contribution >= 4 is 5.97 Å². The number of aromatic carboxylic acids is 1. The largest absolute Gasteiger partial charge is 0.488 e. The Morgan fingerprint density at radius 2 is 2.21 bits per heavy atom. The van der Waals surface area contributed by atoms with Crippen molar-refractivity contribution in [3.05, 3.63) is 24.0 Å². The summed E-state index contributed by atoms with van der Waals surface area (Å²) in [6.45, 7) is 6.69. The smallest absolute Gasteiger partial charge is 0.358 e. The van der Waals surface area contributed by atoms with Crippen molar-refractivity contribution < 1.29 is 14.6 Å². The van der Waals surface area contributed by atoms with Crippen LogP contribution in [0.2, 0.25) is 0 Å². The zero-order chi connectivity index (χ0) is 14.0. The summed E-state index contributed by atoms with van der Waals surface area (Å²) in [6.07, 6.45) is 4.65. The molecule has 1 aliphatic carbocycles. The summed E-state index contributed by atoms with van der Waals surface area (Å²) in [5.41, 5.74) is 0.243. The molecular formula is C15H21NO3. The maximum Gasteiger partial charge on any atom is 0.358 e. The van der Waals surface area contributed by atoms with Gasteiger partial charge < -0.3 is 9.84 Å². The first-order chi connectivity index (χ1) is 8.87. The van der Waals surface area contributed by atoms with Crippen LogP contribution in [-0.2, 0) is 0 Å². The first-order valence-corrected chi connectivity index (χ1v) is 6.72. The average molecular weight is 263 g/mol. The molecule has 0 saturated heterocycles. The highest BCUT2D eigenvalue weighted by molar-refractivity contribution is 5.88. The average Bonchev–Trinajstić information content (AvgIpc) is 2.26. The van der Waals surface area contributed by atoms with Gasteiger partial charge >= 0.3 is 5.97 Å². The van der Waals surface area contributed by atoms with Gasteiger partial charge in [0.15, 0.2) is 11.4 Å². The lowest BCUT2D eigenvalue weighted by atomic mass is 9.71. The fraction of sp³-hybridized carbons (Fsp3) is 0.600. The van der Waals surface area contributed by atoms with Crippen molar-refractivity contribution in [2.45, 2.75) is 46.1 Å². The number of hydrogen-bond donors (Lipinski definition) is 1.